The summed E-state index contributed by atoms with van der Waals surface area (Å²) in [6, 6.07) is 13.0. The zero-order valence-corrected chi connectivity index (χ0v) is 10.8. The predicted molar refractivity (Wildman–Crippen MR) is 74.4 cm³/mol. The summed E-state index contributed by atoms with van der Waals surface area (Å²) in [5, 5.41) is 9.51. The van der Waals surface area contributed by atoms with Crippen molar-refractivity contribution in [2.45, 2.75) is 0 Å². The van der Waals surface area contributed by atoms with Gasteiger partial charge in [-0.3, -0.25) is 0 Å². The van der Waals surface area contributed by atoms with Gasteiger partial charge in [-0.2, -0.15) is 0 Å². The molecule has 0 aliphatic heterocycles. The highest BCUT2D eigenvalue weighted by molar-refractivity contribution is 5.82. The number of phenols is 1. The molecule has 1 heterocycles. The first kappa shape index (κ1) is 11.6. The summed E-state index contributed by atoms with van der Waals surface area (Å²) >= 11 is 0. The minimum atomic E-state index is 0.225. The Morgan fingerprint density at radius 2 is 2.00 bits per heavy atom. The van der Waals surface area contributed by atoms with Crippen LogP contribution in [0.15, 0.2) is 42.5 Å². The van der Waals surface area contributed by atoms with Crippen LogP contribution in [0.25, 0.3) is 22.4 Å². The van der Waals surface area contributed by atoms with Crippen LogP contribution in [0.2, 0.25) is 0 Å². The van der Waals surface area contributed by atoms with E-state index in [4.69, 9.17) is 4.74 Å². The smallest absolute Gasteiger partial charge is 0.140 e. The zero-order chi connectivity index (χ0) is 13.4. The van der Waals surface area contributed by atoms with Crippen LogP contribution >= 0.6 is 0 Å². The second-order valence-corrected chi connectivity index (χ2v) is 4.40. The van der Waals surface area contributed by atoms with Crippen molar-refractivity contribution >= 4 is 11.0 Å². The number of rotatable bonds is 2. The van der Waals surface area contributed by atoms with Gasteiger partial charge >= 0.3 is 0 Å². The van der Waals surface area contributed by atoms with Gasteiger partial charge in [0.25, 0.3) is 0 Å². The minimum Gasteiger partial charge on any atom is -0.508 e. The van der Waals surface area contributed by atoms with E-state index in [1.54, 1.807) is 19.2 Å². The molecule has 1 N–H and O–H groups in total. The van der Waals surface area contributed by atoms with E-state index in [1.165, 1.54) is 0 Å². The normalized spacial score (nSPS) is 10.8. The molecule has 0 unspecified atom stereocenters. The first-order chi connectivity index (χ1) is 9.19. The van der Waals surface area contributed by atoms with E-state index in [0.29, 0.717) is 0 Å². The van der Waals surface area contributed by atoms with Crippen LogP contribution in [0, 0.1) is 0 Å². The molecule has 2 aromatic carbocycles. The first-order valence-corrected chi connectivity index (χ1v) is 5.99. The van der Waals surface area contributed by atoms with Crippen LogP contribution in [-0.4, -0.2) is 21.8 Å². The summed E-state index contributed by atoms with van der Waals surface area (Å²) in [5.74, 6) is 1.87. The zero-order valence-electron chi connectivity index (χ0n) is 10.8. The number of ether oxygens (including phenoxy) is 1. The molecule has 0 atom stereocenters. The minimum absolute atomic E-state index is 0.225. The highest BCUT2D eigenvalue weighted by atomic mass is 16.5. The maximum absolute atomic E-state index is 9.51. The second kappa shape index (κ2) is 4.31. The number of phenolic OH excluding ortho intramolecular Hbond substituents is 1. The van der Waals surface area contributed by atoms with Gasteiger partial charge in [-0.1, -0.05) is 12.1 Å². The van der Waals surface area contributed by atoms with Gasteiger partial charge in [-0.05, 0) is 24.3 Å². The number of hydrogen-bond acceptors (Lipinski definition) is 3. The van der Waals surface area contributed by atoms with Crippen LogP contribution < -0.4 is 4.74 Å². The molecular formula is C15H14N2O2. The third-order valence-corrected chi connectivity index (χ3v) is 3.19. The Labute approximate surface area is 110 Å². The number of benzene rings is 2. The molecule has 3 rings (SSSR count). The fourth-order valence-electron chi connectivity index (χ4n) is 2.21. The number of imidazole rings is 1. The molecule has 0 aliphatic rings. The Kier molecular flexibility index (Phi) is 2.63. The van der Waals surface area contributed by atoms with E-state index in [1.807, 2.05) is 41.9 Å². The number of aromatic hydroxyl groups is 1. The van der Waals surface area contributed by atoms with E-state index < -0.39 is 0 Å². The average Bonchev–Trinajstić information content (AvgIpc) is 2.75. The van der Waals surface area contributed by atoms with Crippen LogP contribution in [0.3, 0.4) is 0 Å². The summed E-state index contributed by atoms with van der Waals surface area (Å²) in [6.45, 7) is 0. The quantitative estimate of drug-likeness (QED) is 0.764. The summed E-state index contributed by atoms with van der Waals surface area (Å²) in [4.78, 5) is 4.57. The van der Waals surface area contributed by atoms with Crippen molar-refractivity contribution in [2.75, 3.05) is 7.11 Å². The molecule has 0 radical (unpaired) electrons. The van der Waals surface area contributed by atoms with E-state index in [0.717, 1.165) is 28.2 Å². The molecule has 4 heteroatoms. The third-order valence-electron chi connectivity index (χ3n) is 3.19. The molecule has 0 saturated carbocycles. The van der Waals surface area contributed by atoms with Crippen molar-refractivity contribution in [1.29, 1.82) is 0 Å². The fourth-order valence-corrected chi connectivity index (χ4v) is 2.21. The average molecular weight is 254 g/mol. The molecule has 0 spiro atoms. The van der Waals surface area contributed by atoms with Gasteiger partial charge in [0, 0.05) is 18.7 Å². The number of hydrogen-bond donors (Lipinski definition) is 1. The molecule has 1 aromatic heterocycles. The molecule has 0 amide bonds. The van der Waals surface area contributed by atoms with Crippen molar-refractivity contribution in [2.24, 2.45) is 7.05 Å². The van der Waals surface area contributed by atoms with Crippen molar-refractivity contribution < 1.29 is 9.84 Å². The molecule has 19 heavy (non-hydrogen) atoms. The van der Waals surface area contributed by atoms with Crippen molar-refractivity contribution in [1.82, 2.24) is 9.55 Å². The van der Waals surface area contributed by atoms with E-state index in [2.05, 4.69) is 4.98 Å². The maximum atomic E-state index is 9.51. The van der Waals surface area contributed by atoms with Gasteiger partial charge in [-0.25, -0.2) is 4.98 Å². The second-order valence-electron chi connectivity index (χ2n) is 4.40. The summed E-state index contributed by atoms with van der Waals surface area (Å²) in [7, 11) is 3.60. The molecule has 4 nitrogen and oxygen atoms in total. The lowest BCUT2D eigenvalue weighted by Crippen LogP contribution is -1.93. The van der Waals surface area contributed by atoms with Crippen LogP contribution in [0.1, 0.15) is 0 Å². The van der Waals surface area contributed by atoms with Gasteiger partial charge < -0.3 is 14.4 Å². The predicted octanol–water partition coefficient (Wildman–Crippen LogP) is 2.95. The Hall–Kier alpha value is -2.49. The fraction of sp³-hybridized carbons (Fsp3) is 0.133. The van der Waals surface area contributed by atoms with Crippen LogP contribution in [0.5, 0.6) is 11.5 Å². The third kappa shape index (κ3) is 1.91. The molecule has 3 aromatic rings. The number of methoxy groups -OCH3 is 1. The van der Waals surface area contributed by atoms with E-state index >= 15 is 0 Å². The van der Waals surface area contributed by atoms with Gasteiger partial charge in [0.05, 0.1) is 18.1 Å². The summed E-state index contributed by atoms with van der Waals surface area (Å²) < 4.78 is 7.24. The lowest BCUT2D eigenvalue weighted by atomic mass is 10.2. The van der Waals surface area contributed by atoms with Crippen molar-refractivity contribution in [3.63, 3.8) is 0 Å². The molecule has 0 saturated heterocycles. The van der Waals surface area contributed by atoms with E-state index in [9.17, 15) is 5.11 Å². The number of fused-ring (bicyclic) bond motifs is 1. The van der Waals surface area contributed by atoms with Gasteiger partial charge in [0.15, 0.2) is 0 Å². The van der Waals surface area contributed by atoms with E-state index in [-0.39, 0.29) is 5.75 Å². The van der Waals surface area contributed by atoms with Gasteiger partial charge in [0.1, 0.15) is 17.3 Å². The maximum Gasteiger partial charge on any atom is 0.140 e. The summed E-state index contributed by atoms with van der Waals surface area (Å²) in [5.41, 5.74) is 2.74. The molecule has 0 aliphatic carbocycles. The standard InChI is InChI=1S/C15H14N2O2/c1-17-14-7-6-11(18)9-13(14)16-15(17)10-4-3-5-12(8-10)19-2/h3-9,18H,1-2H3. The Balaban J connectivity index is 2.21. The molecule has 96 valence electrons. The Morgan fingerprint density at radius 1 is 1.16 bits per heavy atom. The molecular weight excluding hydrogens is 240 g/mol. The van der Waals surface area contributed by atoms with Gasteiger partial charge in [0.2, 0.25) is 0 Å². The Morgan fingerprint density at radius 3 is 2.79 bits per heavy atom. The van der Waals surface area contributed by atoms with Crippen LogP contribution in [-0.2, 0) is 7.05 Å². The molecule has 0 fully saturated rings. The van der Waals surface area contributed by atoms with Crippen molar-refractivity contribution in [3.8, 4) is 22.9 Å². The monoisotopic (exact) mass is 254 g/mol. The highest BCUT2D eigenvalue weighted by Crippen LogP contribution is 2.27. The highest BCUT2D eigenvalue weighted by Gasteiger charge is 2.10. The topological polar surface area (TPSA) is 47.3 Å². The van der Waals surface area contributed by atoms with Crippen LogP contribution in [0.4, 0.5) is 0 Å². The Bertz CT molecular complexity index is 747. The number of aryl methyl sites for hydroxylation is 1. The number of aromatic nitrogens is 2. The SMILES string of the molecule is COc1cccc(-c2nc3cc(O)ccc3n2C)c1. The largest absolute Gasteiger partial charge is 0.508 e. The van der Waals surface area contributed by atoms with Crippen molar-refractivity contribution in [3.05, 3.63) is 42.5 Å². The lowest BCUT2D eigenvalue weighted by Gasteiger charge is -2.04. The first-order valence-electron chi connectivity index (χ1n) is 5.99. The molecule has 0 bridgehead atoms. The summed E-state index contributed by atoms with van der Waals surface area (Å²) in [6.07, 6.45) is 0. The van der Waals surface area contributed by atoms with Gasteiger partial charge in [-0.15, -0.1) is 0 Å². The number of nitrogens with zero attached hydrogens (tertiary/aromatic N) is 2. The lowest BCUT2D eigenvalue weighted by molar-refractivity contribution is 0.415.